The lowest BCUT2D eigenvalue weighted by Gasteiger charge is -2.30. The number of hydrogen-bond acceptors (Lipinski definition) is 5. The number of aliphatic hydroxyl groups excluding tert-OH is 1. The van der Waals surface area contributed by atoms with E-state index < -0.39 is 0 Å². The van der Waals surface area contributed by atoms with Crippen LogP contribution in [0.4, 0.5) is 0 Å². The zero-order valence-corrected chi connectivity index (χ0v) is 12.9. The van der Waals surface area contributed by atoms with E-state index in [1.165, 1.54) is 0 Å². The molecular formula is C14H27N3O2. The fourth-order valence-corrected chi connectivity index (χ4v) is 2.02. The normalized spacial score (nSPS) is 15.8. The molecule has 1 heterocycles. The highest BCUT2D eigenvalue weighted by Gasteiger charge is 2.26. The Morgan fingerprint density at radius 1 is 1.26 bits per heavy atom. The second kappa shape index (κ2) is 6.01. The van der Waals surface area contributed by atoms with E-state index in [-0.39, 0.29) is 17.6 Å². The fraction of sp³-hybridized carbons (Fsp3) is 0.857. The highest BCUT2D eigenvalue weighted by atomic mass is 16.5. The van der Waals surface area contributed by atoms with E-state index in [0.29, 0.717) is 24.2 Å². The number of nitrogens with zero attached hydrogens (tertiary/aromatic N) is 2. The van der Waals surface area contributed by atoms with E-state index in [9.17, 15) is 5.11 Å². The van der Waals surface area contributed by atoms with Crippen LogP contribution in [0.15, 0.2) is 4.52 Å². The number of rotatable bonds is 6. The molecule has 0 saturated carbocycles. The number of nitrogens with one attached hydrogen (secondary N) is 1. The summed E-state index contributed by atoms with van der Waals surface area (Å²) in [6.45, 7) is 13.0. The largest absolute Gasteiger partial charge is 0.394 e. The summed E-state index contributed by atoms with van der Waals surface area (Å²) < 4.78 is 5.25. The Labute approximate surface area is 115 Å². The van der Waals surface area contributed by atoms with E-state index >= 15 is 0 Å². The van der Waals surface area contributed by atoms with Crippen LogP contribution in [-0.4, -0.2) is 27.4 Å². The van der Waals surface area contributed by atoms with E-state index in [0.717, 1.165) is 6.42 Å². The molecule has 0 fully saturated rings. The van der Waals surface area contributed by atoms with Crippen LogP contribution in [0.25, 0.3) is 0 Å². The van der Waals surface area contributed by atoms with E-state index in [1.54, 1.807) is 0 Å². The van der Waals surface area contributed by atoms with Crippen molar-refractivity contribution in [1.82, 2.24) is 15.5 Å². The SMILES string of the molecule is CC(C)CC(C)(CO)NCc1noc(C(C)(C)C)n1. The molecule has 1 aromatic rings. The third-order valence-corrected chi connectivity index (χ3v) is 2.99. The Hall–Kier alpha value is -0.940. The molecule has 0 aliphatic carbocycles. The van der Waals surface area contributed by atoms with Gasteiger partial charge < -0.3 is 14.9 Å². The maximum atomic E-state index is 9.52. The maximum absolute atomic E-state index is 9.52. The van der Waals surface area contributed by atoms with E-state index in [4.69, 9.17) is 4.52 Å². The highest BCUT2D eigenvalue weighted by molar-refractivity contribution is 4.98. The first-order chi connectivity index (χ1) is 8.66. The summed E-state index contributed by atoms with van der Waals surface area (Å²) in [6, 6.07) is 0. The zero-order valence-electron chi connectivity index (χ0n) is 12.9. The Morgan fingerprint density at radius 2 is 1.89 bits per heavy atom. The van der Waals surface area contributed by atoms with Crippen molar-refractivity contribution in [2.45, 2.75) is 65.5 Å². The lowest BCUT2D eigenvalue weighted by atomic mass is 9.91. The molecule has 19 heavy (non-hydrogen) atoms. The van der Waals surface area contributed by atoms with Crippen LogP contribution in [0.3, 0.4) is 0 Å². The molecule has 0 aliphatic rings. The third kappa shape index (κ3) is 4.91. The number of aliphatic hydroxyl groups is 1. The highest BCUT2D eigenvalue weighted by Crippen LogP contribution is 2.20. The molecule has 1 aromatic heterocycles. The van der Waals surface area contributed by atoms with Gasteiger partial charge in [0.1, 0.15) is 0 Å². The summed E-state index contributed by atoms with van der Waals surface area (Å²) in [6.07, 6.45) is 0.896. The number of aromatic nitrogens is 2. The van der Waals surface area contributed by atoms with Crippen molar-refractivity contribution < 1.29 is 9.63 Å². The average molecular weight is 269 g/mol. The molecule has 0 radical (unpaired) electrons. The fourth-order valence-electron chi connectivity index (χ4n) is 2.02. The lowest BCUT2D eigenvalue weighted by Crippen LogP contribution is -2.46. The van der Waals surface area contributed by atoms with Gasteiger partial charge in [0.05, 0.1) is 13.2 Å². The minimum atomic E-state index is -0.309. The average Bonchev–Trinajstić information content (AvgIpc) is 2.74. The van der Waals surface area contributed by atoms with Gasteiger partial charge in [0.15, 0.2) is 5.82 Å². The quantitative estimate of drug-likeness (QED) is 0.829. The smallest absolute Gasteiger partial charge is 0.232 e. The van der Waals surface area contributed by atoms with Crippen LogP contribution in [0.1, 0.15) is 59.7 Å². The molecule has 0 bridgehead atoms. The second-order valence-corrected chi connectivity index (χ2v) is 6.94. The van der Waals surface area contributed by atoms with Gasteiger partial charge in [-0.3, -0.25) is 0 Å². The van der Waals surface area contributed by atoms with Crippen molar-refractivity contribution in [1.29, 1.82) is 0 Å². The monoisotopic (exact) mass is 269 g/mol. The Balaban J connectivity index is 2.63. The molecule has 2 N–H and O–H groups in total. The van der Waals surface area contributed by atoms with Gasteiger partial charge in [-0.1, -0.05) is 39.8 Å². The third-order valence-electron chi connectivity index (χ3n) is 2.99. The first-order valence-electron chi connectivity index (χ1n) is 6.85. The molecule has 0 aromatic carbocycles. The molecular weight excluding hydrogens is 242 g/mol. The van der Waals surface area contributed by atoms with Crippen molar-refractivity contribution >= 4 is 0 Å². The van der Waals surface area contributed by atoms with Crippen LogP contribution in [-0.2, 0) is 12.0 Å². The van der Waals surface area contributed by atoms with Gasteiger partial charge in [0, 0.05) is 11.0 Å². The van der Waals surface area contributed by atoms with Gasteiger partial charge in [-0.05, 0) is 19.3 Å². The molecule has 110 valence electrons. The molecule has 0 spiro atoms. The van der Waals surface area contributed by atoms with Crippen molar-refractivity contribution in [3.05, 3.63) is 11.7 Å². The number of hydrogen-bond donors (Lipinski definition) is 2. The summed E-state index contributed by atoms with van der Waals surface area (Å²) in [4.78, 5) is 4.38. The van der Waals surface area contributed by atoms with Crippen molar-refractivity contribution in [3.63, 3.8) is 0 Å². The molecule has 0 amide bonds. The lowest BCUT2D eigenvalue weighted by molar-refractivity contribution is 0.150. The van der Waals surface area contributed by atoms with Gasteiger partial charge in [-0.2, -0.15) is 4.98 Å². The van der Waals surface area contributed by atoms with E-state index in [1.807, 2.05) is 27.7 Å². The summed E-state index contributed by atoms with van der Waals surface area (Å²) >= 11 is 0. The van der Waals surface area contributed by atoms with Crippen LogP contribution in [0.5, 0.6) is 0 Å². The minimum Gasteiger partial charge on any atom is -0.394 e. The summed E-state index contributed by atoms with van der Waals surface area (Å²) in [5.41, 5.74) is -0.444. The van der Waals surface area contributed by atoms with Gasteiger partial charge in [0.25, 0.3) is 0 Å². The minimum absolute atomic E-state index is 0.0924. The predicted molar refractivity (Wildman–Crippen MR) is 74.8 cm³/mol. The van der Waals surface area contributed by atoms with Crippen LogP contribution < -0.4 is 5.32 Å². The Morgan fingerprint density at radius 3 is 2.32 bits per heavy atom. The van der Waals surface area contributed by atoms with E-state index in [2.05, 4.69) is 29.3 Å². The predicted octanol–water partition coefficient (Wildman–Crippen LogP) is 2.25. The van der Waals surface area contributed by atoms with Crippen LogP contribution >= 0.6 is 0 Å². The standard InChI is InChI=1S/C14H27N3O2/c1-10(2)7-14(6,9-18)15-8-11-16-12(19-17-11)13(3,4)5/h10,15,18H,7-9H2,1-6H3. The summed E-state index contributed by atoms with van der Waals surface area (Å²) in [5.74, 6) is 1.78. The second-order valence-electron chi connectivity index (χ2n) is 6.94. The van der Waals surface area contributed by atoms with Gasteiger partial charge >= 0.3 is 0 Å². The van der Waals surface area contributed by atoms with Gasteiger partial charge in [-0.15, -0.1) is 0 Å². The zero-order chi connectivity index (χ0) is 14.7. The molecule has 0 aliphatic heterocycles. The Kier molecular flexibility index (Phi) is 5.10. The molecule has 1 atom stereocenters. The summed E-state index contributed by atoms with van der Waals surface area (Å²) in [5, 5.41) is 16.8. The first kappa shape index (κ1) is 16.1. The Bertz CT molecular complexity index is 396. The van der Waals surface area contributed by atoms with Crippen LogP contribution in [0.2, 0.25) is 0 Å². The molecule has 1 rings (SSSR count). The summed E-state index contributed by atoms with van der Waals surface area (Å²) in [7, 11) is 0. The van der Waals surface area contributed by atoms with Crippen LogP contribution in [0, 0.1) is 5.92 Å². The van der Waals surface area contributed by atoms with Gasteiger partial charge in [-0.25, -0.2) is 0 Å². The van der Waals surface area contributed by atoms with Gasteiger partial charge in [0.2, 0.25) is 5.89 Å². The first-order valence-corrected chi connectivity index (χ1v) is 6.85. The molecule has 5 heteroatoms. The molecule has 0 saturated heterocycles. The van der Waals surface area contributed by atoms with Crippen molar-refractivity contribution in [2.24, 2.45) is 5.92 Å². The molecule has 5 nitrogen and oxygen atoms in total. The maximum Gasteiger partial charge on any atom is 0.232 e. The van der Waals surface area contributed by atoms with Crippen molar-refractivity contribution in [2.75, 3.05) is 6.61 Å². The molecule has 1 unspecified atom stereocenters. The van der Waals surface area contributed by atoms with Crippen molar-refractivity contribution in [3.8, 4) is 0 Å². The topological polar surface area (TPSA) is 71.2 Å².